The van der Waals surface area contributed by atoms with E-state index >= 15 is 0 Å². The first-order valence-electron chi connectivity index (χ1n) is 8.71. The van der Waals surface area contributed by atoms with Gasteiger partial charge in [-0.15, -0.1) is 0 Å². The Morgan fingerprint density at radius 2 is 1.52 bits per heavy atom. The molecule has 1 heterocycles. The van der Waals surface area contributed by atoms with Crippen molar-refractivity contribution in [2.45, 2.75) is 45.1 Å². The van der Waals surface area contributed by atoms with E-state index in [4.69, 9.17) is 9.88 Å². The number of hydrogen-bond donors (Lipinski definition) is 1. The van der Waals surface area contributed by atoms with Gasteiger partial charge in [0.05, 0.1) is 4.90 Å². The van der Waals surface area contributed by atoms with Gasteiger partial charge in [-0.2, -0.15) is 0 Å². The summed E-state index contributed by atoms with van der Waals surface area (Å²) in [4.78, 5) is 28.1. The molecule has 0 spiro atoms. The predicted octanol–water partition coefficient (Wildman–Crippen LogP) is 1.64. The van der Waals surface area contributed by atoms with Gasteiger partial charge >= 0.3 is 6.09 Å². The van der Waals surface area contributed by atoms with E-state index < -0.39 is 21.7 Å². The number of nitrogens with two attached hydrogens (primary N) is 1. The third-order valence-electron chi connectivity index (χ3n) is 4.28. The van der Waals surface area contributed by atoms with E-state index in [2.05, 4.69) is 0 Å². The quantitative estimate of drug-likeness (QED) is 0.816. The topological polar surface area (TPSA) is 110 Å². The summed E-state index contributed by atoms with van der Waals surface area (Å²) in [7, 11) is -3.91. The molecule has 150 valence electrons. The molecule has 2 amide bonds. The van der Waals surface area contributed by atoms with Crippen molar-refractivity contribution in [1.82, 2.24) is 9.80 Å². The maximum Gasteiger partial charge on any atom is 0.410 e. The summed E-state index contributed by atoms with van der Waals surface area (Å²) in [5, 5.41) is 5.25. The van der Waals surface area contributed by atoms with Crippen LogP contribution in [0.2, 0.25) is 0 Å². The highest BCUT2D eigenvalue weighted by molar-refractivity contribution is 7.89. The largest absolute Gasteiger partial charge is 0.444 e. The number of ether oxygens (including phenoxy) is 1. The third kappa shape index (κ3) is 5.20. The van der Waals surface area contributed by atoms with Crippen molar-refractivity contribution in [3.05, 3.63) is 28.8 Å². The second kappa shape index (κ2) is 7.47. The first kappa shape index (κ1) is 21.2. The third-order valence-corrected chi connectivity index (χ3v) is 5.33. The number of aryl methyl sites for hydroxylation is 2. The van der Waals surface area contributed by atoms with Crippen LogP contribution >= 0.6 is 0 Å². The standard InChI is InChI=1S/C18H27N3O5S/c1-12-10-13(2)15(27(19,24)25)11-14(12)16(22)20-6-8-21(9-7-20)17(23)26-18(3,4)5/h10-11H,6-9H2,1-5H3,(H2,19,24,25). The normalized spacial score (nSPS) is 15.6. The molecular weight excluding hydrogens is 370 g/mol. The molecule has 2 rings (SSSR count). The first-order chi connectivity index (χ1) is 12.3. The number of amides is 2. The van der Waals surface area contributed by atoms with Crippen molar-refractivity contribution in [3.8, 4) is 0 Å². The molecule has 1 aliphatic heterocycles. The molecular formula is C18H27N3O5S. The number of primary sulfonamides is 1. The van der Waals surface area contributed by atoms with Gasteiger partial charge in [0.2, 0.25) is 10.0 Å². The van der Waals surface area contributed by atoms with Gasteiger partial charge in [-0.1, -0.05) is 6.07 Å². The SMILES string of the molecule is Cc1cc(C)c(S(N)(=O)=O)cc1C(=O)N1CCN(C(=O)OC(C)(C)C)CC1. The minimum absolute atomic E-state index is 0.0520. The summed E-state index contributed by atoms with van der Waals surface area (Å²) in [6, 6.07) is 2.98. The van der Waals surface area contributed by atoms with Crippen LogP contribution < -0.4 is 5.14 Å². The zero-order valence-electron chi connectivity index (χ0n) is 16.4. The van der Waals surface area contributed by atoms with Crippen LogP contribution in [-0.4, -0.2) is 62.0 Å². The van der Waals surface area contributed by atoms with E-state index in [0.717, 1.165) is 0 Å². The lowest BCUT2D eigenvalue weighted by atomic mass is 10.0. The highest BCUT2D eigenvalue weighted by Crippen LogP contribution is 2.22. The monoisotopic (exact) mass is 397 g/mol. The van der Waals surface area contributed by atoms with Gasteiger partial charge < -0.3 is 14.5 Å². The van der Waals surface area contributed by atoms with E-state index in [9.17, 15) is 18.0 Å². The Bertz CT molecular complexity index is 850. The molecule has 27 heavy (non-hydrogen) atoms. The Kier molecular flexibility index (Phi) is 5.86. The number of benzene rings is 1. The van der Waals surface area contributed by atoms with Crippen LogP contribution in [0.3, 0.4) is 0 Å². The molecule has 9 heteroatoms. The van der Waals surface area contributed by atoms with Gasteiger partial charge in [0, 0.05) is 31.7 Å². The van der Waals surface area contributed by atoms with E-state index in [1.54, 1.807) is 50.5 Å². The van der Waals surface area contributed by atoms with Crippen LogP contribution in [0.5, 0.6) is 0 Å². The van der Waals surface area contributed by atoms with Crippen molar-refractivity contribution in [2.24, 2.45) is 5.14 Å². The molecule has 0 unspecified atom stereocenters. The van der Waals surface area contributed by atoms with E-state index in [1.165, 1.54) is 6.07 Å². The number of rotatable bonds is 2. The molecule has 1 fully saturated rings. The van der Waals surface area contributed by atoms with Gasteiger partial charge in [0.1, 0.15) is 5.60 Å². The predicted molar refractivity (Wildman–Crippen MR) is 101 cm³/mol. The summed E-state index contributed by atoms with van der Waals surface area (Å²) in [5.41, 5.74) is 0.906. The molecule has 1 aromatic carbocycles. The Labute approximate surface area is 160 Å². The average molecular weight is 397 g/mol. The van der Waals surface area contributed by atoms with Crippen LogP contribution in [0.15, 0.2) is 17.0 Å². The number of carbonyl (C=O) groups is 2. The fourth-order valence-corrected chi connectivity index (χ4v) is 3.75. The number of piperazine rings is 1. The molecule has 0 saturated carbocycles. The second-order valence-electron chi connectivity index (χ2n) is 7.74. The summed E-state index contributed by atoms with van der Waals surface area (Å²) in [5.74, 6) is -0.277. The Hall–Kier alpha value is -2.13. The van der Waals surface area contributed by atoms with Crippen LogP contribution in [0.25, 0.3) is 0 Å². The second-order valence-corrected chi connectivity index (χ2v) is 9.27. The molecule has 8 nitrogen and oxygen atoms in total. The number of hydrogen-bond acceptors (Lipinski definition) is 5. The van der Waals surface area contributed by atoms with Crippen molar-refractivity contribution < 1.29 is 22.7 Å². The lowest BCUT2D eigenvalue weighted by molar-refractivity contribution is 0.0140. The van der Waals surface area contributed by atoms with E-state index in [-0.39, 0.29) is 10.8 Å². The van der Waals surface area contributed by atoms with Gasteiger partial charge in [0.25, 0.3) is 5.91 Å². The zero-order valence-corrected chi connectivity index (χ0v) is 17.2. The number of carbonyl (C=O) groups excluding carboxylic acids is 2. The van der Waals surface area contributed by atoms with Gasteiger partial charge in [-0.25, -0.2) is 18.4 Å². The lowest BCUT2D eigenvalue weighted by Gasteiger charge is -2.35. The Morgan fingerprint density at radius 1 is 1.00 bits per heavy atom. The van der Waals surface area contributed by atoms with Crippen molar-refractivity contribution in [3.63, 3.8) is 0 Å². The van der Waals surface area contributed by atoms with Gasteiger partial charge in [0.15, 0.2) is 0 Å². The minimum atomic E-state index is -3.91. The molecule has 0 aromatic heterocycles. The van der Waals surface area contributed by atoms with Crippen molar-refractivity contribution >= 4 is 22.0 Å². The fraction of sp³-hybridized carbons (Fsp3) is 0.556. The van der Waals surface area contributed by atoms with E-state index in [1.807, 2.05) is 0 Å². The molecule has 0 aliphatic carbocycles. The molecule has 0 atom stereocenters. The number of nitrogens with zero attached hydrogens (tertiary/aromatic N) is 2. The maximum atomic E-state index is 12.9. The highest BCUT2D eigenvalue weighted by atomic mass is 32.2. The fourth-order valence-electron chi connectivity index (χ4n) is 2.96. The molecule has 1 aliphatic rings. The molecule has 0 radical (unpaired) electrons. The zero-order chi connectivity index (χ0) is 20.6. The lowest BCUT2D eigenvalue weighted by Crippen LogP contribution is -2.51. The number of sulfonamides is 1. The minimum Gasteiger partial charge on any atom is -0.444 e. The highest BCUT2D eigenvalue weighted by Gasteiger charge is 2.29. The van der Waals surface area contributed by atoms with Crippen molar-refractivity contribution in [1.29, 1.82) is 0 Å². The molecule has 1 aromatic rings. The smallest absolute Gasteiger partial charge is 0.410 e. The van der Waals surface area contributed by atoms with Crippen LogP contribution in [0, 0.1) is 13.8 Å². The summed E-state index contributed by atoms with van der Waals surface area (Å²) in [6.07, 6.45) is -0.405. The molecule has 2 N–H and O–H groups in total. The Morgan fingerprint density at radius 3 is 2.00 bits per heavy atom. The Balaban J connectivity index is 2.14. The van der Waals surface area contributed by atoms with Crippen LogP contribution in [0.1, 0.15) is 42.3 Å². The molecule has 1 saturated heterocycles. The van der Waals surface area contributed by atoms with Crippen LogP contribution in [0.4, 0.5) is 4.79 Å². The molecule has 0 bridgehead atoms. The maximum absolute atomic E-state index is 12.9. The van der Waals surface area contributed by atoms with Crippen LogP contribution in [-0.2, 0) is 14.8 Å². The van der Waals surface area contributed by atoms with Gasteiger partial charge in [-0.3, -0.25) is 4.79 Å². The van der Waals surface area contributed by atoms with Gasteiger partial charge in [-0.05, 0) is 51.8 Å². The summed E-state index contributed by atoms with van der Waals surface area (Å²) < 4.78 is 28.8. The van der Waals surface area contributed by atoms with Crippen molar-refractivity contribution in [2.75, 3.05) is 26.2 Å². The average Bonchev–Trinajstić information content (AvgIpc) is 2.51. The first-order valence-corrected chi connectivity index (χ1v) is 10.3. The summed E-state index contributed by atoms with van der Waals surface area (Å²) >= 11 is 0. The van der Waals surface area contributed by atoms with E-state index in [0.29, 0.717) is 42.9 Å². The summed E-state index contributed by atoms with van der Waals surface area (Å²) in [6.45, 7) is 10.2.